The van der Waals surface area contributed by atoms with E-state index in [1.54, 1.807) is 12.5 Å². The standard InChI is InChI=1S/C12H21N3O3/c1-12(2,3)18-5-4-17-11(16)10(13)6-9-7-14-8-15-9/h7-8,10H,4-6,13H2,1-3H3,(H,14,15). The third kappa shape index (κ3) is 5.79. The molecule has 0 bridgehead atoms. The van der Waals surface area contributed by atoms with E-state index in [0.717, 1.165) is 5.69 Å². The molecule has 0 saturated heterocycles. The number of nitrogens with two attached hydrogens (primary N) is 1. The second-order valence-corrected chi connectivity index (χ2v) is 5.02. The van der Waals surface area contributed by atoms with Gasteiger partial charge in [0.05, 0.1) is 18.5 Å². The Morgan fingerprint density at radius 1 is 1.50 bits per heavy atom. The highest BCUT2D eigenvalue weighted by Crippen LogP contribution is 2.06. The SMILES string of the molecule is CC(C)(C)OCCOC(=O)C(N)Cc1cnc[nH]1. The number of aromatic amines is 1. The van der Waals surface area contributed by atoms with Crippen molar-refractivity contribution in [1.29, 1.82) is 0 Å². The maximum atomic E-state index is 11.6. The number of rotatable bonds is 6. The number of imidazole rings is 1. The molecule has 18 heavy (non-hydrogen) atoms. The summed E-state index contributed by atoms with van der Waals surface area (Å²) in [6.45, 7) is 6.41. The van der Waals surface area contributed by atoms with Crippen LogP contribution >= 0.6 is 0 Å². The molecule has 0 aromatic carbocycles. The number of hydrogen-bond acceptors (Lipinski definition) is 5. The van der Waals surface area contributed by atoms with Crippen LogP contribution in [0, 0.1) is 0 Å². The first-order chi connectivity index (χ1) is 8.38. The molecule has 0 aliphatic heterocycles. The molecule has 0 amide bonds. The second-order valence-electron chi connectivity index (χ2n) is 5.02. The molecular weight excluding hydrogens is 234 g/mol. The molecule has 6 heteroatoms. The topological polar surface area (TPSA) is 90.2 Å². The molecule has 0 saturated carbocycles. The van der Waals surface area contributed by atoms with Crippen molar-refractivity contribution in [2.24, 2.45) is 5.73 Å². The molecule has 1 aromatic heterocycles. The summed E-state index contributed by atoms with van der Waals surface area (Å²) in [4.78, 5) is 18.3. The summed E-state index contributed by atoms with van der Waals surface area (Å²) >= 11 is 0. The lowest BCUT2D eigenvalue weighted by Crippen LogP contribution is -2.35. The lowest BCUT2D eigenvalue weighted by Gasteiger charge is -2.19. The van der Waals surface area contributed by atoms with Crippen molar-refractivity contribution in [2.75, 3.05) is 13.2 Å². The van der Waals surface area contributed by atoms with Crippen LogP contribution in [-0.4, -0.2) is 40.8 Å². The molecule has 1 heterocycles. The van der Waals surface area contributed by atoms with Gasteiger partial charge in [0.2, 0.25) is 0 Å². The summed E-state index contributed by atoms with van der Waals surface area (Å²) in [5.41, 5.74) is 6.29. The number of ether oxygens (including phenoxy) is 2. The highest BCUT2D eigenvalue weighted by molar-refractivity contribution is 5.75. The zero-order chi connectivity index (χ0) is 13.6. The van der Waals surface area contributed by atoms with E-state index in [1.807, 2.05) is 20.8 Å². The Labute approximate surface area is 107 Å². The van der Waals surface area contributed by atoms with E-state index >= 15 is 0 Å². The van der Waals surface area contributed by atoms with E-state index in [1.165, 1.54) is 0 Å². The van der Waals surface area contributed by atoms with Gasteiger partial charge < -0.3 is 20.2 Å². The van der Waals surface area contributed by atoms with E-state index in [0.29, 0.717) is 13.0 Å². The van der Waals surface area contributed by atoms with E-state index in [2.05, 4.69) is 9.97 Å². The third-order valence-electron chi connectivity index (χ3n) is 2.16. The number of nitrogens with zero attached hydrogens (tertiary/aromatic N) is 1. The van der Waals surface area contributed by atoms with E-state index in [9.17, 15) is 4.79 Å². The maximum Gasteiger partial charge on any atom is 0.323 e. The minimum absolute atomic E-state index is 0.215. The van der Waals surface area contributed by atoms with Gasteiger partial charge in [-0.25, -0.2) is 4.98 Å². The molecule has 0 fully saturated rings. The fourth-order valence-electron chi connectivity index (χ4n) is 1.31. The van der Waals surface area contributed by atoms with Gasteiger partial charge in [-0.1, -0.05) is 0 Å². The van der Waals surface area contributed by atoms with Gasteiger partial charge in [0, 0.05) is 18.3 Å². The minimum atomic E-state index is -0.680. The highest BCUT2D eigenvalue weighted by atomic mass is 16.6. The quantitative estimate of drug-likeness (QED) is 0.575. The van der Waals surface area contributed by atoms with E-state index in [4.69, 9.17) is 15.2 Å². The number of carbonyl (C=O) groups is 1. The molecule has 0 spiro atoms. The van der Waals surface area contributed by atoms with Crippen LogP contribution in [0.5, 0.6) is 0 Å². The Morgan fingerprint density at radius 3 is 2.78 bits per heavy atom. The first-order valence-electron chi connectivity index (χ1n) is 5.92. The number of hydrogen-bond donors (Lipinski definition) is 2. The smallest absolute Gasteiger partial charge is 0.323 e. The fourth-order valence-corrected chi connectivity index (χ4v) is 1.31. The predicted octanol–water partition coefficient (Wildman–Crippen LogP) is 0.638. The summed E-state index contributed by atoms with van der Waals surface area (Å²) in [6, 6.07) is -0.680. The Hall–Kier alpha value is -1.40. The summed E-state index contributed by atoms with van der Waals surface area (Å²) < 4.78 is 10.5. The third-order valence-corrected chi connectivity index (χ3v) is 2.16. The molecule has 102 valence electrons. The highest BCUT2D eigenvalue weighted by Gasteiger charge is 2.17. The number of esters is 1. The molecule has 0 aliphatic carbocycles. The molecule has 1 atom stereocenters. The first kappa shape index (κ1) is 14.7. The number of nitrogens with one attached hydrogen (secondary N) is 1. The summed E-state index contributed by atoms with van der Waals surface area (Å²) in [6.07, 6.45) is 3.57. The monoisotopic (exact) mass is 255 g/mol. The van der Waals surface area contributed by atoms with Crippen molar-refractivity contribution in [3.8, 4) is 0 Å². The zero-order valence-electron chi connectivity index (χ0n) is 11.1. The second kappa shape index (κ2) is 6.51. The van der Waals surface area contributed by atoms with Crippen LogP contribution in [0.15, 0.2) is 12.5 Å². The Kier molecular flexibility index (Phi) is 5.30. The largest absolute Gasteiger partial charge is 0.462 e. The number of H-pyrrole nitrogens is 1. The molecule has 0 aliphatic rings. The van der Waals surface area contributed by atoms with Crippen molar-refractivity contribution >= 4 is 5.97 Å². The van der Waals surface area contributed by atoms with Gasteiger partial charge in [0.15, 0.2) is 0 Å². The summed E-state index contributed by atoms with van der Waals surface area (Å²) in [7, 11) is 0. The van der Waals surface area contributed by atoms with Crippen molar-refractivity contribution in [1.82, 2.24) is 9.97 Å². The van der Waals surface area contributed by atoms with E-state index < -0.39 is 12.0 Å². The molecule has 1 rings (SSSR count). The lowest BCUT2D eigenvalue weighted by molar-refractivity contribution is -0.148. The van der Waals surface area contributed by atoms with Crippen molar-refractivity contribution in [3.05, 3.63) is 18.2 Å². The van der Waals surface area contributed by atoms with Gasteiger partial charge in [-0.05, 0) is 20.8 Å². The van der Waals surface area contributed by atoms with Gasteiger partial charge in [-0.15, -0.1) is 0 Å². The lowest BCUT2D eigenvalue weighted by atomic mass is 10.2. The predicted molar refractivity (Wildman–Crippen MR) is 66.9 cm³/mol. The summed E-state index contributed by atoms with van der Waals surface area (Å²) in [5.74, 6) is -0.429. The van der Waals surface area contributed by atoms with Gasteiger partial charge in [0.25, 0.3) is 0 Å². The van der Waals surface area contributed by atoms with Crippen molar-refractivity contribution < 1.29 is 14.3 Å². The molecular formula is C12H21N3O3. The molecule has 6 nitrogen and oxygen atoms in total. The zero-order valence-corrected chi connectivity index (χ0v) is 11.1. The van der Waals surface area contributed by atoms with Crippen LogP contribution in [0.3, 0.4) is 0 Å². The number of carbonyl (C=O) groups excluding carboxylic acids is 1. The van der Waals surface area contributed by atoms with E-state index in [-0.39, 0.29) is 12.2 Å². The van der Waals surface area contributed by atoms with Crippen LogP contribution in [0.2, 0.25) is 0 Å². The van der Waals surface area contributed by atoms with Crippen LogP contribution in [0.4, 0.5) is 0 Å². The fraction of sp³-hybridized carbons (Fsp3) is 0.667. The van der Waals surface area contributed by atoms with Gasteiger partial charge in [-0.3, -0.25) is 4.79 Å². The Bertz CT molecular complexity index is 357. The van der Waals surface area contributed by atoms with Gasteiger partial charge in [-0.2, -0.15) is 0 Å². The average molecular weight is 255 g/mol. The minimum Gasteiger partial charge on any atom is -0.462 e. The molecule has 1 unspecified atom stereocenters. The first-order valence-corrected chi connectivity index (χ1v) is 5.92. The van der Waals surface area contributed by atoms with Crippen LogP contribution < -0.4 is 5.73 Å². The van der Waals surface area contributed by atoms with Gasteiger partial charge >= 0.3 is 5.97 Å². The molecule has 0 radical (unpaired) electrons. The Morgan fingerprint density at radius 2 is 2.22 bits per heavy atom. The summed E-state index contributed by atoms with van der Waals surface area (Å²) in [5, 5.41) is 0. The van der Waals surface area contributed by atoms with Crippen molar-refractivity contribution in [3.63, 3.8) is 0 Å². The van der Waals surface area contributed by atoms with Crippen LogP contribution in [0.1, 0.15) is 26.5 Å². The average Bonchev–Trinajstić information content (AvgIpc) is 2.75. The van der Waals surface area contributed by atoms with Crippen molar-refractivity contribution in [2.45, 2.75) is 38.8 Å². The Balaban J connectivity index is 2.20. The maximum absolute atomic E-state index is 11.6. The van der Waals surface area contributed by atoms with Crippen LogP contribution in [-0.2, 0) is 20.7 Å². The van der Waals surface area contributed by atoms with Gasteiger partial charge in [0.1, 0.15) is 12.6 Å². The normalized spacial score (nSPS) is 13.3. The van der Waals surface area contributed by atoms with Crippen LogP contribution in [0.25, 0.3) is 0 Å². The molecule has 3 N–H and O–H groups in total. The number of aromatic nitrogens is 2. The molecule has 1 aromatic rings.